The molecule has 0 aliphatic rings. The highest BCUT2D eigenvalue weighted by Gasteiger charge is 2.14. The molecular weight excluding hydrogens is 268 g/mol. The highest BCUT2D eigenvalue weighted by atomic mass is 16.6. The van der Waals surface area contributed by atoms with E-state index in [1.54, 1.807) is 12.1 Å². The Kier molecular flexibility index (Phi) is 3.19. The molecule has 2 aromatic carbocycles. The van der Waals surface area contributed by atoms with Gasteiger partial charge in [-0.2, -0.15) is 0 Å². The van der Waals surface area contributed by atoms with Gasteiger partial charge in [-0.15, -0.1) is 0 Å². The van der Waals surface area contributed by atoms with Crippen molar-refractivity contribution in [3.63, 3.8) is 0 Å². The van der Waals surface area contributed by atoms with E-state index in [9.17, 15) is 15.2 Å². The summed E-state index contributed by atoms with van der Waals surface area (Å²) >= 11 is 0. The minimum absolute atomic E-state index is 0.0678. The third kappa shape index (κ3) is 2.17. The largest absolute Gasteiger partial charge is 0.390 e. The van der Waals surface area contributed by atoms with Crippen molar-refractivity contribution in [3.05, 3.63) is 69.9 Å². The van der Waals surface area contributed by atoms with E-state index < -0.39 is 4.92 Å². The first-order valence-electron chi connectivity index (χ1n) is 6.57. The normalized spacial score (nSPS) is 11.0. The van der Waals surface area contributed by atoms with Gasteiger partial charge in [0.15, 0.2) is 0 Å². The zero-order valence-corrected chi connectivity index (χ0v) is 11.5. The van der Waals surface area contributed by atoms with Gasteiger partial charge in [0.25, 0.3) is 5.69 Å². The minimum atomic E-state index is -0.405. The summed E-state index contributed by atoms with van der Waals surface area (Å²) in [6, 6.07) is 14.5. The highest BCUT2D eigenvalue weighted by molar-refractivity contribution is 5.83. The Labute approximate surface area is 121 Å². The maximum atomic E-state index is 10.8. The Morgan fingerprint density at radius 2 is 1.95 bits per heavy atom. The summed E-state index contributed by atoms with van der Waals surface area (Å²) in [7, 11) is 0. The lowest BCUT2D eigenvalue weighted by atomic mass is 10.1. The number of hydrogen-bond donors (Lipinski definition) is 1. The van der Waals surface area contributed by atoms with Crippen LogP contribution in [0.5, 0.6) is 0 Å². The van der Waals surface area contributed by atoms with Gasteiger partial charge in [0, 0.05) is 28.9 Å². The summed E-state index contributed by atoms with van der Waals surface area (Å²) < 4.78 is 1.94. The number of non-ortho nitro benzene ring substituents is 1. The van der Waals surface area contributed by atoms with E-state index in [0.29, 0.717) is 0 Å². The van der Waals surface area contributed by atoms with Gasteiger partial charge in [0.05, 0.1) is 17.0 Å². The Balaban J connectivity index is 2.27. The van der Waals surface area contributed by atoms with Crippen LogP contribution >= 0.6 is 0 Å². The minimum Gasteiger partial charge on any atom is -0.390 e. The fourth-order valence-corrected chi connectivity index (χ4v) is 2.62. The summed E-state index contributed by atoms with van der Waals surface area (Å²) in [5.74, 6) is 0. The van der Waals surface area contributed by atoms with Crippen LogP contribution in [0.25, 0.3) is 16.6 Å². The summed E-state index contributed by atoms with van der Waals surface area (Å²) in [5, 5.41) is 21.5. The van der Waals surface area contributed by atoms with Crippen LogP contribution in [0.4, 0.5) is 5.69 Å². The Bertz CT molecular complexity index is 837. The number of benzene rings is 2. The van der Waals surface area contributed by atoms with Gasteiger partial charge in [0.2, 0.25) is 0 Å². The SMILES string of the molecule is Cc1cc([N+](=O)[O-])ccc1-n1c(CO)cc2ccccc21. The molecule has 0 bridgehead atoms. The van der Waals surface area contributed by atoms with Crippen molar-refractivity contribution in [3.8, 4) is 5.69 Å². The molecule has 0 amide bonds. The van der Waals surface area contributed by atoms with E-state index in [1.165, 1.54) is 6.07 Å². The topological polar surface area (TPSA) is 68.3 Å². The van der Waals surface area contributed by atoms with Crippen molar-refractivity contribution < 1.29 is 10.0 Å². The number of rotatable bonds is 3. The molecule has 1 N–H and O–H groups in total. The lowest BCUT2D eigenvalue weighted by Gasteiger charge is -2.12. The van der Waals surface area contributed by atoms with Crippen molar-refractivity contribution in [1.82, 2.24) is 4.57 Å². The van der Waals surface area contributed by atoms with E-state index in [0.717, 1.165) is 27.8 Å². The number of hydrogen-bond acceptors (Lipinski definition) is 3. The van der Waals surface area contributed by atoms with Crippen LogP contribution < -0.4 is 0 Å². The van der Waals surface area contributed by atoms with Crippen molar-refractivity contribution >= 4 is 16.6 Å². The first-order valence-corrected chi connectivity index (χ1v) is 6.57. The van der Waals surface area contributed by atoms with Crippen molar-refractivity contribution in [2.45, 2.75) is 13.5 Å². The zero-order chi connectivity index (χ0) is 15.0. The average Bonchev–Trinajstić information content (AvgIpc) is 2.85. The van der Waals surface area contributed by atoms with Gasteiger partial charge in [0.1, 0.15) is 0 Å². The molecule has 0 fully saturated rings. The third-order valence-corrected chi connectivity index (χ3v) is 3.58. The molecule has 3 aromatic rings. The van der Waals surface area contributed by atoms with Crippen molar-refractivity contribution in [2.75, 3.05) is 0 Å². The molecule has 0 aliphatic heterocycles. The highest BCUT2D eigenvalue weighted by Crippen LogP contribution is 2.28. The second kappa shape index (κ2) is 5.03. The average molecular weight is 282 g/mol. The smallest absolute Gasteiger partial charge is 0.269 e. The monoisotopic (exact) mass is 282 g/mol. The van der Waals surface area contributed by atoms with Gasteiger partial charge < -0.3 is 9.67 Å². The van der Waals surface area contributed by atoms with E-state index in [2.05, 4.69) is 0 Å². The van der Waals surface area contributed by atoms with Crippen molar-refractivity contribution in [1.29, 1.82) is 0 Å². The molecule has 0 unspecified atom stereocenters. The van der Waals surface area contributed by atoms with E-state index in [4.69, 9.17) is 0 Å². The van der Waals surface area contributed by atoms with Crippen LogP contribution in [0.1, 0.15) is 11.3 Å². The number of para-hydroxylation sites is 1. The van der Waals surface area contributed by atoms with Gasteiger partial charge >= 0.3 is 0 Å². The third-order valence-electron chi connectivity index (χ3n) is 3.58. The molecule has 1 heterocycles. The molecule has 0 radical (unpaired) electrons. The lowest BCUT2D eigenvalue weighted by molar-refractivity contribution is -0.384. The van der Waals surface area contributed by atoms with Crippen LogP contribution in [-0.4, -0.2) is 14.6 Å². The van der Waals surface area contributed by atoms with E-state index in [-0.39, 0.29) is 12.3 Å². The summed E-state index contributed by atoms with van der Waals surface area (Å²) in [5.41, 5.74) is 3.43. The van der Waals surface area contributed by atoms with Crippen LogP contribution in [-0.2, 0) is 6.61 Å². The molecule has 0 saturated carbocycles. The molecule has 0 atom stereocenters. The van der Waals surface area contributed by atoms with Gasteiger partial charge in [-0.3, -0.25) is 10.1 Å². The maximum absolute atomic E-state index is 10.8. The van der Waals surface area contributed by atoms with Gasteiger partial charge in [-0.25, -0.2) is 0 Å². The quantitative estimate of drug-likeness (QED) is 0.591. The number of aliphatic hydroxyl groups excluding tert-OH is 1. The number of aromatic nitrogens is 1. The zero-order valence-electron chi connectivity index (χ0n) is 11.5. The first kappa shape index (κ1) is 13.3. The predicted molar refractivity (Wildman–Crippen MR) is 80.6 cm³/mol. The second-order valence-electron chi connectivity index (χ2n) is 4.92. The standard InChI is InChI=1S/C16H14N2O3/c1-11-8-13(18(20)21)6-7-15(11)17-14(10-19)9-12-4-2-3-5-16(12)17/h2-9,19H,10H2,1H3. The number of nitrogens with zero attached hydrogens (tertiary/aromatic N) is 2. The molecule has 5 heteroatoms. The number of nitro benzene ring substituents is 1. The number of aryl methyl sites for hydroxylation is 1. The van der Waals surface area contributed by atoms with Crippen LogP contribution in [0, 0.1) is 17.0 Å². The van der Waals surface area contributed by atoms with Crippen LogP contribution in [0.2, 0.25) is 0 Å². The Morgan fingerprint density at radius 1 is 1.19 bits per heavy atom. The molecule has 5 nitrogen and oxygen atoms in total. The fourth-order valence-electron chi connectivity index (χ4n) is 2.62. The maximum Gasteiger partial charge on any atom is 0.269 e. The Hall–Kier alpha value is -2.66. The molecule has 21 heavy (non-hydrogen) atoms. The number of aliphatic hydroxyl groups is 1. The predicted octanol–water partition coefficient (Wildman–Crippen LogP) is 3.34. The molecule has 106 valence electrons. The van der Waals surface area contributed by atoms with Crippen LogP contribution in [0.15, 0.2) is 48.5 Å². The summed E-state index contributed by atoms with van der Waals surface area (Å²) in [6.07, 6.45) is 0. The molecule has 0 saturated heterocycles. The summed E-state index contributed by atoms with van der Waals surface area (Å²) in [6.45, 7) is 1.74. The van der Waals surface area contributed by atoms with E-state index in [1.807, 2.05) is 41.8 Å². The lowest BCUT2D eigenvalue weighted by Crippen LogP contribution is -2.02. The molecular formula is C16H14N2O3. The second-order valence-corrected chi connectivity index (χ2v) is 4.92. The fraction of sp³-hybridized carbons (Fsp3) is 0.125. The van der Waals surface area contributed by atoms with Crippen LogP contribution in [0.3, 0.4) is 0 Å². The molecule has 0 aliphatic carbocycles. The van der Waals surface area contributed by atoms with Gasteiger partial charge in [-0.1, -0.05) is 18.2 Å². The number of fused-ring (bicyclic) bond motifs is 1. The summed E-state index contributed by atoms with van der Waals surface area (Å²) in [4.78, 5) is 10.4. The van der Waals surface area contributed by atoms with Crippen molar-refractivity contribution in [2.24, 2.45) is 0 Å². The van der Waals surface area contributed by atoms with E-state index >= 15 is 0 Å². The molecule has 0 spiro atoms. The van der Waals surface area contributed by atoms with Gasteiger partial charge in [-0.05, 0) is 30.7 Å². The first-order chi connectivity index (χ1) is 10.1. The molecule has 3 rings (SSSR count). The molecule has 1 aromatic heterocycles. The Morgan fingerprint density at radius 3 is 2.62 bits per heavy atom. The number of nitro groups is 1.